The molecule has 0 spiro atoms. The minimum absolute atomic E-state index is 0.394. The van der Waals surface area contributed by atoms with Crippen LogP contribution < -0.4 is 5.73 Å². The number of nitrogens with two attached hydrogens (primary N) is 1. The topological polar surface area (TPSA) is 56.0 Å². The van der Waals surface area contributed by atoms with E-state index in [1.807, 2.05) is 0 Å². The van der Waals surface area contributed by atoms with E-state index in [1.165, 1.54) is 6.20 Å². The molecule has 4 heteroatoms. The van der Waals surface area contributed by atoms with Crippen LogP contribution in [0.3, 0.4) is 0 Å². The van der Waals surface area contributed by atoms with Gasteiger partial charge in [0, 0.05) is 11.8 Å². The van der Waals surface area contributed by atoms with Gasteiger partial charge in [-0.2, -0.15) is 0 Å². The van der Waals surface area contributed by atoms with Crippen molar-refractivity contribution in [3.63, 3.8) is 0 Å². The maximum Gasteiger partial charge on any atom is 0.151 e. The van der Waals surface area contributed by atoms with Gasteiger partial charge >= 0.3 is 0 Å². The normalized spacial score (nSPS) is 9.30. The maximum atomic E-state index is 10.2. The summed E-state index contributed by atoms with van der Waals surface area (Å²) in [4.78, 5) is 13.9. The Balaban J connectivity index is 3.16. The van der Waals surface area contributed by atoms with Crippen LogP contribution in [0.15, 0.2) is 16.7 Å². The molecule has 0 amide bonds. The van der Waals surface area contributed by atoms with Gasteiger partial charge in [-0.15, -0.1) is 0 Å². The van der Waals surface area contributed by atoms with E-state index in [4.69, 9.17) is 5.73 Å². The van der Waals surface area contributed by atoms with Crippen molar-refractivity contribution in [1.29, 1.82) is 0 Å². The molecule has 0 aliphatic carbocycles. The van der Waals surface area contributed by atoms with Crippen molar-refractivity contribution >= 4 is 28.0 Å². The van der Waals surface area contributed by atoms with Crippen molar-refractivity contribution in [3.05, 3.63) is 22.3 Å². The van der Waals surface area contributed by atoms with Crippen LogP contribution in [0.25, 0.3) is 0 Å². The number of anilines is 1. The van der Waals surface area contributed by atoms with Crippen molar-refractivity contribution in [2.24, 2.45) is 0 Å². The largest absolute Gasteiger partial charge is 0.383 e. The minimum Gasteiger partial charge on any atom is -0.383 e. The van der Waals surface area contributed by atoms with Gasteiger partial charge in [-0.05, 0) is 22.0 Å². The van der Waals surface area contributed by atoms with Crippen LogP contribution in [0.2, 0.25) is 0 Å². The highest BCUT2D eigenvalue weighted by atomic mass is 79.9. The summed E-state index contributed by atoms with van der Waals surface area (Å²) in [6, 6.07) is 1.62. The molecule has 2 N–H and O–H groups in total. The van der Waals surface area contributed by atoms with Gasteiger partial charge in [-0.3, -0.25) is 4.79 Å². The number of nitrogen functional groups attached to an aromatic ring is 1. The zero-order valence-electron chi connectivity index (χ0n) is 5.04. The molecule has 0 aliphatic heterocycles. The molecule has 0 radical (unpaired) electrons. The highest BCUT2D eigenvalue weighted by Crippen LogP contribution is 2.16. The SMILES string of the molecule is Nc1ncc(C=O)cc1Br. The van der Waals surface area contributed by atoms with Gasteiger partial charge in [-0.25, -0.2) is 4.98 Å². The van der Waals surface area contributed by atoms with Gasteiger partial charge < -0.3 is 5.73 Å². The van der Waals surface area contributed by atoms with E-state index < -0.39 is 0 Å². The van der Waals surface area contributed by atoms with Crippen molar-refractivity contribution in [1.82, 2.24) is 4.98 Å². The van der Waals surface area contributed by atoms with E-state index >= 15 is 0 Å². The first kappa shape index (κ1) is 7.21. The molecule has 0 saturated carbocycles. The molecule has 0 unspecified atom stereocenters. The second-order valence-corrected chi connectivity index (χ2v) is 2.61. The Morgan fingerprint density at radius 3 is 2.90 bits per heavy atom. The molecule has 0 bridgehead atoms. The maximum absolute atomic E-state index is 10.2. The molecular weight excluding hydrogens is 196 g/mol. The smallest absolute Gasteiger partial charge is 0.151 e. The van der Waals surface area contributed by atoms with Crippen LogP contribution >= 0.6 is 15.9 Å². The van der Waals surface area contributed by atoms with E-state index in [2.05, 4.69) is 20.9 Å². The highest BCUT2D eigenvalue weighted by molar-refractivity contribution is 9.10. The fourth-order valence-electron chi connectivity index (χ4n) is 0.528. The molecule has 52 valence electrons. The fraction of sp³-hybridized carbons (Fsp3) is 0. The quantitative estimate of drug-likeness (QED) is 0.695. The van der Waals surface area contributed by atoms with Gasteiger partial charge in [0.1, 0.15) is 5.82 Å². The zero-order chi connectivity index (χ0) is 7.56. The summed E-state index contributed by atoms with van der Waals surface area (Å²) in [6.07, 6.45) is 2.14. The van der Waals surface area contributed by atoms with Crippen LogP contribution in [0.5, 0.6) is 0 Å². The molecule has 0 atom stereocenters. The van der Waals surface area contributed by atoms with Crippen LogP contribution in [0, 0.1) is 0 Å². The van der Waals surface area contributed by atoms with Gasteiger partial charge in [0.2, 0.25) is 0 Å². The number of nitrogens with zero attached hydrogens (tertiary/aromatic N) is 1. The predicted molar refractivity (Wildman–Crippen MR) is 41.7 cm³/mol. The van der Waals surface area contributed by atoms with Crippen molar-refractivity contribution in [2.75, 3.05) is 5.73 Å². The third-order valence-electron chi connectivity index (χ3n) is 1.03. The fourth-order valence-corrected chi connectivity index (χ4v) is 0.894. The van der Waals surface area contributed by atoms with Crippen LogP contribution in [0.4, 0.5) is 5.82 Å². The van der Waals surface area contributed by atoms with Gasteiger partial charge in [0.25, 0.3) is 0 Å². The van der Waals surface area contributed by atoms with E-state index in [0.29, 0.717) is 15.9 Å². The zero-order valence-corrected chi connectivity index (χ0v) is 6.63. The highest BCUT2D eigenvalue weighted by Gasteiger charge is 1.96. The summed E-state index contributed by atoms with van der Waals surface area (Å²) in [7, 11) is 0. The van der Waals surface area contributed by atoms with Crippen molar-refractivity contribution < 1.29 is 4.79 Å². The molecule has 1 aromatic rings. The lowest BCUT2D eigenvalue weighted by Crippen LogP contribution is -1.92. The molecule has 0 fully saturated rings. The summed E-state index contributed by atoms with van der Waals surface area (Å²) < 4.78 is 0.650. The first-order valence-corrected chi connectivity index (χ1v) is 3.39. The number of hydrogen-bond acceptors (Lipinski definition) is 3. The average molecular weight is 201 g/mol. The van der Waals surface area contributed by atoms with Crippen molar-refractivity contribution in [2.45, 2.75) is 0 Å². The number of pyridine rings is 1. The Morgan fingerprint density at radius 1 is 1.70 bits per heavy atom. The first-order chi connectivity index (χ1) is 4.74. The monoisotopic (exact) mass is 200 g/mol. The second-order valence-electron chi connectivity index (χ2n) is 1.75. The summed E-state index contributed by atoms with van der Waals surface area (Å²) >= 11 is 3.14. The number of halogens is 1. The van der Waals surface area contributed by atoms with Crippen LogP contribution in [-0.2, 0) is 0 Å². The van der Waals surface area contributed by atoms with E-state index in [-0.39, 0.29) is 0 Å². The Labute approximate surface area is 66.4 Å². The Hall–Kier alpha value is -0.900. The average Bonchev–Trinajstić information content (AvgIpc) is 1.95. The standard InChI is InChI=1S/C6H5BrN2O/c7-5-1-4(3-10)2-9-6(5)8/h1-3H,(H2,8,9). The molecule has 0 aliphatic rings. The number of aldehydes is 1. The summed E-state index contributed by atoms with van der Waals surface area (Å²) in [5, 5.41) is 0. The van der Waals surface area contributed by atoms with Crippen molar-refractivity contribution in [3.8, 4) is 0 Å². The lowest BCUT2D eigenvalue weighted by molar-refractivity contribution is 0.112. The molecule has 10 heavy (non-hydrogen) atoms. The van der Waals surface area contributed by atoms with E-state index in [0.717, 1.165) is 6.29 Å². The van der Waals surface area contributed by atoms with Gasteiger partial charge in [0.05, 0.1) is 4.47 Å². The molecule has 1 aromatic heterocycles. The second kappa shape index (κ2) is 2.79. The summed E-state index contributed by atoms with van der Waals surface area (Å²) in [6.45, 7) is 0. The lowest BCUT2D eigenvalue weighted by Gasteiger charge is -1.95. The molecular formula is C6H5BrN2O. The molecule has 3 nitrogen and oxygen atoms in total. The number of carbonyl (C=O) groups excluding carboxylic acids is 1. The lowest BCUT2D eigenvalue weighted by atomic mass is 10.3. The third-order valence-corrected chi connectivity index (χ3v) is 1.66. The molecule has 0 saturated heterocycles. The Kier molecular flexibility index (Phi) is 2.01. The number of hydrogen-bond donors (Lipinski definition) is 1. The van der Waals surface area contributed by atoms with E-state index in [9.17, 15) is 4.79 Å². The Morgan fingerprint density at radius 2 is 2.40 bits per heavy atom. The number of aromatic nitrogens is 1. The third kappa shape index (κ3) is 1.33. The van der Waals surface area contributed by atoms with Gasteiger partial charge in [-0.1, -0.05) is 0 Å². The van der Waals surface area contributed by atoms with Crippen LogP contribution in [-0.4, -0.2) is 11.3 Å². The van der Waals surface area contributed by atoms with E-state index in [1.54, 1.807) is 6.07 Å². The molecule has 0 aromatic carbocycles. The number of carbonyl (C=O) groups is 1. The summed E-state index contributed by atoms with van der Waals surface area (Å²) in [5.74, 6) is 0.394. The minimum atomic E-state index is 0.394. The first-order valence-electron chi connectivity index (χ1n) is 2.60. The summed E-state index contributed by atoms with van der Waals surface area (Å²) in [5.41, 5.74) is 5.88. The Bertz CT molecular complexity index is 262. The molecule has 1 heterocycles. The van der Waals surface area contributed by atoms with Crippen LogP contribution in [0.1, 0.15) is 10.4 Å². The number of rotatable bonds is 1. The van der Waals surface area contributed by atoms with Gasteiger partial charge in [0.15, 0.2) is 6.29 Å². The molecule has 1 rings (SSSR count). The predicted octanol–water partition coefficient (Wildman–Crippen LogP) is 1.24.